The van der Waals surface area contributed by atoms with Crippen molar-refractivity contribution in [3.63, 3.8) is 0 Å². The predicted molar refractivity (Wildman–Crippen MR) is 92.6 cm³/mol. The molecule has 2 aliphatic rings. The van der Waals surface area contributed by atoms with Crippen LogP contribution in [0.25, 0.3) is 0 Å². The molecule has 0 aromatic heterocycles. The number of rotatable bonds is 4. The maximum Gasteiger partial charge on any atom is 0.0488 e. The molecule has 2 unspecified atom stereocenters. The fourth-order valence-electron chi connectivity index (χ4n) is 4.26. The molecule has 1 aliphatic heterocycles. The molecule has 0 bridgehead atoms. The Morgan fingerprint density at radius 1 is 1.24 bits per heavy atom. The summed E-state index contributed by atoms with van der Waals surface area (Å²) in [5.74, 6) is 0.868. The first-order valence-corrected chi connectivity index (χ1v) is 9.28. The van der Waals surface area contributed by atoms with E-state index >= 15 is 0 Å². The summed E-state index contributed by atoms with van der Waals surface area (Å²) in [5, 5.41) is 0.839. The van der Waals surface area contributed by atoms with Crippen LogP contribution in [-0.4, -0.2) is 24.0 Å². The Hall–Kier alpha value is -0.0900. The molecule has 3 rings (SSSR count). The van der Waals surface area contributed by atoms with E-state index < -0.39 is 0 Å². The second-order valence-electron chi connectivity index (χ2n) is 6.41. The average Bonchev–Trinajstić information content (AvgIpc) is 3.14. The highest BCUT2D eigenvalue weighted by Crippen LogP contribution is 2.40. The van der Waals surface area contributed by atoms with Crippen LogP contribution in [0.3, 0.4) is 0 Å². The first kappa shape index (κ1) is 15.8. The molecular formula is C17H24BrClN2. The SMILES string of the molecule is NCC(c1cc(Br)ccc1Cl)N1CCCC1C1CCCC1. The van der Waals surface area contributed by atoms with Crippen molar-refractivity contribution < 1.29 is 0 Å². The molecule has 21 heavy (non-hydrogen) atoms. The largest absolute Gasteiger partial charge is 0.329 e. The number of benzene rings is 1. The van der Waals surface area contributed by atoms with Gasteiger partial charge in [0.2, 0.25) is 0 Å². The number of nitrogens with zero attached hydrogens (tertiary/aromatic N) is 1. The molecule has 1 saturated carbocycles. The van der Waals surface area contributed by atoms with Crippen LogP contribution in [-0.2, 0) is 0 Å². The Balaban J connectivity index is 1.86. The summed E-state index contributed by atoms with van der Waals surface area (Å²) in [4.78, 5) is 2.64. The molecule has 2 nitrogen and oxygen atoms in total. The van der Waals surface area contributed by atoms with Gasteiger partial charge in [-0.25, -0.2) is 0 Å². The summed E-state index contributed by atoms with van der Waals surface area (Å²) < 4.78 is 1.08. The lowest BCUT2D eigenvalue weighted by atomic mass is 9.94. The van der Waals surface area contributed by atoms with E-state index in [0.29, 0.717) is 12.6 Å². The molecule has 0 amide bonds. The predicted octanol–water partition coefficient (Wildman–Crippen LogP) is 4.76. The van der Waals surface area contributed by atoms with Crippen LogP contribution in [0.5, 0.6) is 0 Å². The molecule has 116 valence electrons. The van der Waals surface area contributed by atoms with E-state index in [1.165, 1.54) is 44.1 Å². The third-order valence-corrected chi connectivity index (χ3v) is 6.06. The monoisotopic (exact) mass is 370 g/mol. The normalized spacial score (nSPS) is 25.6. The van der Waals surface area contributed by atoms with Crippen molar-refractivity contribution in [2.75, 3.05) is 13.1 Å². The van der Waals surface area contributed by atoms with Crippen molar-refractivity contribution in [2.45, 2.75) is 50.6 Å². The molecule has 1 aromatic rings. The zero-order valence-electron chi connectivity index (χ0n) is 12.4. The van der Waals surface area contributed by atoms with Crippen molar-refractivity contribution >= 4 is 27.5 Å². The zero-order valence-corrected chi connectivity index (χ0v) is 14.7. The van der Waals surface area contributed by atoms with Crippen LogP contribution in [0.2, 0.25) is 5.02 Å². The van der Waals surface area contributed by atoms with Gasteiger partial charge >= 0.3 is 0 Å². The minimum Gasteiger partial charge on any atom is -0.329 e. The first-order chi connectivity index (χ1) is 10.2. The molecule has 2 atom stereocenters. The van der Waals surface area contributed by atoms with E-state index in [2.05, 4.69) is 26.9 Å². The molecule has 2 fully saturated rings. The highest BCUT2D eigenvalue weighted by molar-refractivity contribution is 9.10. The maximum atomic E-state index is 6.45. The number of halogens is 2. The lowest BCUT2D eigenvalue weighted by Crippen LogP contribution is -2.40. The Bertz CT molecular complexity index is 488. The van der Waals surface area contributed by atoms with Gasteiger partial charge in [-0.1, -0.05) is 40.4 Å². The molecule has 1 saturated heterocycles. The van der Waals surface area contributed by atoms with Gasteiger partial charge < -0.3 is 5.73 Å². The van der Waals surface area contributed by atoms with Crippen molar-refractivity contribution in [1.82, 2.24) is 4.90 Å². The topological polar surface area (TPSA) is 29.3 Å². The zero-order chi connectivity index (χ0) is 14.8. The van der Waals surface area contributed by atoms with Crippen molar-refractivity contribution in [3.05, 3.63) is 33.3 Å². The lowest BCUT2D eigenvalue weighted by Gasteiger charge is -2.36. The number of hydrogen-bond acceptors (Lipinski definition) is 2. The molecule has 0 radical (unpaired) electrons. The van der Waals surface area contributed by atoms with Crippen molar-refractivity contribution in [3.8, 4) is 0 Å². The molecule has 4 heteroatoms. The molecule has 1 aliphatic carbocycles. The van der Waals surface area contributed by atoms with E-state index in [9.17, 15) is 0 Å². The van der Waals surface area contributed by atoms with Gasteiger partial charge in [-0.3, -0.25) is 4.90 Å². The maximum absolute atomic E-state index is 6.45. The molecule has 1 heterocycles. The van der Waals surface area contributed by atoms with Crippen LogP contribution in [0.15, 0.2) is 22.7 Å². The summed E-state index contributed by atoms with van der Waals surface area (Å²) in [6, 6.07) is 7.07. The van der Waals surface area contributed by atoms with E-state index in [4.69, 9.17) is 17.3 Å². The van der Waals surface area contributed by atoms with Crippen LogP contribution in [0.4, 0.5) is 0 Å². The molecular weight excluding hydrogens is 348 g/mol. The quantitative estimate of drug-likeness (QED) is 0.827. The Morgan fingerprint density at radius 2 is 2.00 bits per heavy atom. The van der Waals surface area contributed by atoms with Gasteiger partial charge in [-0.15, -0.1) is 0 Å². The van der Waals surface area contributed by atoms with Gasteiger partial charge in [0.15, 0.2) is 0 Å². The third-order valence-electron chi connectivity index (χ3n) is 5.23. The summed E-state index contributed by atoms with van der Waals surface area (Å²) in [5.41, 5.74) is 7.33. The number of nitrogens with two attached hydrogens (primary N) is 1. The smallest absolute Gasteiger partial charge is 0.0488 e. The Morgan fingerprint density at radius 3 is 2.71 bits per heavy atom. The van der Waals surface area contributed by atoms with Gasteiger partial charge in [-0.05, 0) is 61.9 Å². The summed E-state index contributed by atoms with van der Waals surface area (Å²) in [6.45, 7) is 1.80. The highest BCUT2D eigenvalue weighted by atomic mass is 79.9. The van der Waals surface area contributed by atoms with E-state index in [-0.39, 0.29) is 6.04 Å². The number of likely N-dealkylation sites (tertiary alicyclic amines) is 1. The van der Waals surface area contributed by atoms with Crippen molar-refractivity contribution in [2.24, 2.45) is 11.7 Å². The van der Waals surface area contributed by atoms with Crippen LogP contribution < -0.4 is 5.73 Å². The van der Waals surface area contributed by atoms with Gasteiger partial charge in [0.25, 0.3) is 0 Å². The summed E-state index contributed by atoms with van der Waals surface area (Å²) >= 11 is 10.0. The van der Waals surface area contributed by atoms with Crippen molar-refractivity contribution in [1.29, 1.82) is 0 Å². The standard InChI is InChI=1S/C17H24BrClN2/c18-13-7-8-15(19)14(10-13)17(11-20)21-9-3-6-16(21)12-4-1-2-5-12/h7-8,10,12,16-17H,1-6,9,11,20H2. The van der Waals surface area contributed by atoms with Gasteiger partial charge in [0.05, 0.1) is 0 Å². The molecule has 0 spiro atoms. The average molecular weight is 372 g/mol. The van der Waals surface area contributed by atoms with Gasteiger partial charge in [0, 0.05) is 28.1 Å². The summed E-state index contributed by atoms with van der Waals surface area (Å²) in [7, 11) is 0. The van der Waals surface area contributed by atoms with E-state index in [1.54, 1.807) is 0 Å². The van der Waals surface area contributed by atoms with Crippen LogP contribution >= 0.6 is 27.5 Å². The molecule has 1 aromatic carbocycles. The van der Waals surface area contributed by atoms with Crippen LogP contribution in [0, 0.1) is 5.92 Å². The Labute approximate surface area is 141 Å². The summed E-state index contributed by atoms with van der Waals surface area (Å²) in [6.07, 6.45) is 8.21. The van der Waals surface area contributed by atoms with Gasteiger partial charge in [-0.2, -0.15) is 0 Å². The van der Waals surface area contributed by atoms with Crippen LogP contribution in [0.1, 0.15) is 50.1 Å². The number of hydrogen-bond donors (Lipinski definition) is 1. The minimum atomic E-state index is 0.253. The minimum absolute atomic E-state index is 0.253. The first-order valence-electron chi connectivity index (χ1n) is 8.11. The third kappa shape index (κ3) is 3.31. The highest BCUT2D eigenvalue weighted by Gasteiger charge is 2.37. The second kappa shape index (κ2) is 6.99. The fourth-order valence-corrected chi connectivity index (χ4v) is 4.88. The Kier molecular flexibility index (Phi) is 5.26. The fraction of sp³-hybridized carbons (Fsp3) is 0.647. The molecule has 2 N–H and O–H groups in total. The lowest BCUT2D eigenvalue weighted by molar-refractivity contribution is 0.138. The van der Waals surface area contributed by atoms with E-state index in [0.717, 1.165) is 22.0 Å². The van der Waals surface area contributed by atoms with E-state index in [1.807, 2.05) is 12.1 Å². The van der Waals surface area contributed by atoms with Gasteiger partial charge in [0.1, 0.15) is 0 Å². The second-order valence-corrected chi connectivity index (χ2v) is 7.73.